The van der Waals surface area contributed by atoms with Gasteiger partial charge in [-0.3, -0.25) is 4.48 Å². The van der Waals surface area contributed by atoms with E-state index in [0.717, 1.165) is 10.2 Å². The van der Waals surface area contributed by atoms with Crippen LogP contribution in [0.5, 0.6) is 5.75 Å². The van der Waals surface area contributed by atoms with E-state index in [2.05, 4.69) is 58.3 Å². The Kier molecular flexibility index (Phi) is 10.5. The molecule has 0 aliphatic rings. The molecule has 2 aromatic carbocycles. The molecule has 4 heteroatoms. The highest BCUT2D eigenvalue weighted by atomic mass is 35.5. The molecule has 2 rings (SSSR count). The highest BCUT2D eigenvalue weighted by molar-refractivity contribution is 5.20. The van der Waals surface area contributed by atoms with Crippen molar-refractivity contribution in [3.8, 4) is 5.75 Å². The van der Waals surface area contributed by atoms with Crippen LogP contribution in [0.3, 0.4) is 0 Å². The molecule has 2 atom stereocenters. The summed E-state index contributed by atoms with van der Waals surface area (Å²) in [6.45, 7) is 5.58. The summed E-state index contributed by atoms with van der Waals surface area (Å²) in [6.07, 6.45) is 3.70. The zero-order valence-corrected chi connectivity index (χ0v) is 17.9. The van der Waals surface area contributed by atoms with Crippen LogP contribution in [0, 0.1) is 0 Å². The molecule has 0 radical (unpaired) electrons. The summed E-state index contributed by atoms with van der Waals surface area (Å²) in [5.41, 5.74) is 1.39. The molecule has 2 aromatic rings. The van der Waals surface area contributed by atoms with Gasteiger partial charge in [0.25, 0.3) is 0 Å². The molecule has 0 saturated carbocycles. The summed E-state index contributed by atoms with van der Waals surface area (Å²) in [4.78, 5) is 0. The highest BCUT2D eigenvalue weighted by Crippen LogP contribution is 2.32. The van der Waals surface area contributed by atoms with Gasteiger partial charge in [-0.1, -0.05) is 61.9 Å². The first-order valence-electron chi connectivity index (χ1n) is 9.73. The minimum Gasteiger partial charge on any atom is -1.00 e. The van der Waals surface area contributed by atoms with Crippen LogP contribution in [0.2, 0.25) is 0 Å². The maximum absolute atomic E-state index is 6.16. The number of para-hydroxylation sites is 1. The molecular weight excluding hydrogens is 358 g/mol. The molecule has 0 fully saturated rings. The minimum atomic E-state index is 0. The van der Waals surface area contributed by atoms with Gasteiger partial charge in [-0.25, -0.2) is 0 Å². The average Bonchev–Trinajstić information content (AvgIpc) is 2.67. The van der Waals surface area contributed by atoms with Gasteiger partial charge in [-0.2, -0.15) is 0 Å². The fourth-order valence-corrected chi connectivity index (χ4v) is 3.30. The summed E-state index contributed by atoms with van der Waals surface area (Å²) in [7, 11) is 4.55. The molecule has 27 heavy (non-hydrogen) atoms. The standard InChI is InChI=1S/C23H34NO2.ClH/c1-5-6-17-23(21-13-9-7-10-14-21)24(3,4)20(2)25-18-19-26-22-15-11-8-12-16-22;/h7-16,20,23H,5-6,17-19H2,1-4H3;1H/q+1;/p-1. The fraction of sp³-hybridized carbons (Fsp3) is 0.478. The van der Waals surface area contributed by atoms with E-state index in [1.807, 2.05) is 30.3 Å². The smallest absolute Gasteiger partial charge is 0.190 e. The number of quaternary nitrogens is 1. The van der Waals surface area contributed by atoms with Crippen LogP contribution in [0.25, 0.3) is 0 Å². The topological polar surface area (TPSA) is 18.5 Å². The van der Waals surface area contributed by atoms with Gasteiger partial charge < -0.3 is 21.9 Å². The lowest BCUT2D eigenvalue weighted by Crippen LogP contribution is -3.00. The van der Waals surface area contributed by atoms with E-state index >= 15 is 0 Å². The van der Waals surface area contributed by atoms with Crippen molar-refractivity contribution in [3.63, 3.8) is 0 Å². The van der Waals surface area contributed by atoms with Gasteiger partial charge in [0.2, 0.25) is 0 Å². The molecule has 3 nitrogen and oxygen atoms in total. The van der Waals surface area contributed by atoms with Crippen LogP contribution in [0.15, 0.2) is 60.7 Å². The Hall–Kier alpha value is -1.55. The summed E-state index contributed by atoms with van der Waals surface area (Å²) in [5, 5.41) is 0. The van der Waals surface area contributed by atoms with Crippen molar-refractivity contribution >= 4 is 0 Å². The summed E-state index contributed by atoms with van der Waals surface area (Å²) >= 11 is 0. The lowest BCUT2D eigenvalue weighted by molar-refractivity contribution is -0.964. The Morgan fingerprint density at radius 2 is 1.48 bits per heavy atom. The molecule has 0 aromatic heterocycles. The number of hydrogen-bond donors (Lipinski definition) is 0. The van der Waals surface area contributed by atoms with Crippen LogP contribution in [0.1, 0.15) is 44.7 Å². The minimum absolute atomic E-state index is 0. The van der Waals surface area contributed by atoms with Gasteiger partial charge in [-0.05, 0) is 18.6 Å². The molecule has 2 unspecified atom stereocenters. The van der Waals surface area contributed by atoms with Gasteiger partial charge in [-0.15, -0.1) is 0 Å². The Morgan fingerprint density at radius 3 is 2.07 bits per heavy atom. The van der Waals surface area contributed by atoms with E-state index in [9.17, 15) is 0 Å². The van der Waals surface area contributed by atoms with E-state index in [4.69, 9.17) is 9.47 Å². The lowest BCUT2D eigenvalue weighted by atomic mass is 9.97. The summed E-state index contributed by atoms with van der Waals surface area (Å²) in [6, 6.07) is 21.2. The van der Waals surface area contributed by atoms with Crippen LogP contribution in [-0.4, -0.2) is 38.0 Å². The van der Waals surface area contributed by atoms with Crippen molar-refractivity contribution in [1.82, 2.24) is 0 Å². The van der Waals surface area contributed by atoms with Gasteiger partial charge in [0.05, 0.1) is 20.7 Å². The Morgan fingerprint density at radius 1 is 0.889 bits per heavy atom. The van der Waals surface area contributed by atoms with E-state index in [1.54, 1.807) is 0 Å². The predicted molar refractivity (Wildman–Crippen MR) is 108 cm³/mol. The number of nitrogens with zero attached hydrogens (tertiary/aromatic N) is 1. The second kappa shape index (κ2) is 12.0. The van der Waals surface area contributed by atoms with E-state index in [-0.39, 0.29) is 18.6 Å². The predicted octanol–water partition coefficient (Wildman–Crippen LogP) is 2.44. The normalized spacial score (nSPS) is 13.5. The molecule has 0 N–H and O–H groups in total. The fourth-order valence-electron chi connectivity index (χ4n) is 3.30. The quantitative estimate of drug-likeness (QED) is 0.333. The molecule has 0 aliphatic carbocycles. The molecule has 0 bridgehead atoms. The van der Waals surface area contributed by atoms with Crippen molar-refractivity contribution in [2.45, 2.75) is 45.4 Å². The average molecular weight is 392 g/mol. The zero-order chi connectivity index (χ0) is 18.8. The van der Waals surface area contributed by atoms with Crippen LogP contribution in [-0.2, 0) is 4.74 Å². The van der Waals surface area contributed by atoms with E-state index in [1.165, 1.54) is 24.8 Å². The van der Waals surface area contributed by atoms with Crippen LogP contribution < -0.4 is 17.1 Å². The number of hydrogen-bond acceptors (Lipinski definition) is 2. The van der Waals surface area contributed by atoms with Crippen LogP contribution in [0.4, 0.5) is 0 Å². The van der Waals surface area contributed by atoms with Gasteiger partial charge >= 0.3 is 0 Å². The largest absolute Gasteiger partial charge is 1.00 e. The number of rotatable bonds is 11. The molecular formula is C23H34ClNO2. The van der Waals surface area contributed by atoms with Gasteiger partial charge in [0, 0.05) is 18.9 Å². The molecule has 150 valence electrons. The van der Waals surface area contributed by atoms with Crippen molar-refractivity contribution < 1.29 is 26.4 Å². The maximum Gasteiger partial charge on any atom is 0.190 e. The first-order chi connectivity index (χ1) is 12.6. The second-order valence-corrected chi connectivity index (χ2v) is 7.33. The van der Waals surface area contributed by atoms with Crippen LogP contribution >= 0.6 is 0 Å². The number of ether oxygens (including phenoxy) is 2. The Balaban J connectivity index is 0.00000364. The number of halogens is 1. The zero-order valence-electron chi connectivity index (χ0n) is 17.1. The van der Waals surface area contributed by atoms with Crippen molar-refractivity contribution in [3.05, 3.63) is 66.2 Å². The molecule has 0 aliphatic heterocycles. The van der Waals surface area contributed by atoms with Gasteiger partial charge in [0.1, 0.15) is 18.4 Å². The molecule has 0 heterocycles. The first kappa shape index (κ1) is 23.5. The Labute approximate surface area is 171 Å². The third kappa shape index (κ3) is 7.17. The third-order valence-electron chi connectivity index (χ3n) is 5.21. The molecule has 0 saturated heterocycles. The SMILES string of the molecule is CCCCC(c1ccccc1)[N+](C)(C)C(C)OCCOc1ccccc1.[Cl-]. The molecule has 0 spiro atoms. The number of benzene rings is 2. The summed E-state index contributed by atoms with van der Waals surface area (Å²) < 4.78 is 12.7. The van der Waals surface area contributed by atoms with Gasteiger partial charge in [0.15, 0.2) is 6.23 Å². The highest BCUT2D eigenvalue weighted by Gasteiger charge is 2.35. The maximum atomic E-state index is 6.16. The van der Waals surface area contributed by atoms with E-state index < -0.39 is 0 Å². The Bertz CT molecular complexity index is 619. The van der Waals surface area contributed by atoms with Crippen molar-refractivity contribution in [1.29, 1.82) is 0 Å². The summed E-state index contributed by atoms with van der Waals surface area (Å²) in [5.74, 6) is 0.891. The van der Waals surface area contributed by atoms with Crippen molar-refractivity contribution in [2.75, 3.05) is 27.3 Å². The second-order valence-electron chi connectivity index (χ2n) is 7.33. The number of unbranched alkanes of at least 4 members (excludes halogenated alkanes) is 1. The monoisotopic (exact) mass is 391 g/mol. The third-order valence-corrected chi connectivity index (χ3v) is 5.21. The first-order valence-corrected chi connectivity index (χ1v) is 9.73. The van der Waals surface area contributed by atoms with Crippen molar-refractivity contribution in [2.24, 2.45) is 0 Å². The van der Waals surface area contributed by atoms with E-state index in [0.29, 0.717) is 19.3 Å². The molecule has 0 amide bonds. The lowest BCUT2D eigenvalue weighted by Gasteiger charge is -2.42.